The first kappa shape index (κ1) is 82.7. The fraction of sp³-hybridized carbons (Fsp3) is 0.432. The maximum absolute atomic E-state index is 16.5. The molecular weight excluding hydrogens is 1490 g/mol. The summed E-state index contributed by atoms with van der Waals surface area (Å²) in [6, 6.07) is 31.0. The molecule has 0 radical (unpaired) electrons. The first-order chi connectivity index (χ1) is 54.5. The lowest BCUT2D eigenvalue weighted by molar-refractivity contribution is -0.151. The average molecular weight is 1590 g/mol. The van der Waals surface area contributed by atoms with E-state index in [4.69, 9.17) is 55.0 Å². The van der Waals surface area contributed by atoms with E-state index in [0.29, 0.717) is 95.9 Å². The molecule has 0 N–H and O–H groups in total. The van der Waals surface area contributed by atoms with Crippen molar-refractivity contribution < 1.29 is 83.7 Å². The van der Waals surface area contributed by atoms with Gasteiger partial charge in [-0.3, -0.25) is 38.6 Å². The highest BCUT2D eigenvalue weighted by molar-refractivity contribution is 6.61. The minimum Gasteiger partial charge on any atom is -0.456 e. The van der Waals surface area contributed by atoms with Gasteiger partial charge in [0.2, 0.25) is 12.5 Å². The lowest BCUT2D eigenvalue weighted by Crippen LogP contribution is -2.59. The summed E-state index contributed by atoms with van der Waals surface area (Å²) >= 11 is 0. The second-order valence-electron chi connectivity index (χ2n) is 31.4. The van der Waals surface area contributed by atoms with Crippen LogP contribution in [0.3, 0.4) is 0 Å². The van der Waals surface area contributed by atoms with Crippen molar-refractivity contribution in [1.29, 1.82) is 0 Å². The SMILES string of the molecule is COC(C(=O)N1CCN(CC[Si](OC)(OC)OC)CC1)N1C(=O)c2cc(Oc3ccc(C(C)C)cc3C)c3c4c(Oc5ccc(C(C)C)cc5C)cc5c6c(cc(Oc7ccc(C(C)C)cc7C)c(c7c(Oc8ccc(C(C)C)cc8C)cc(c2c37)C1=O)c64)C(=O)N(C(OC)C(=O)N1CCN(CC[Si](OC)(OC)OC)CC1)C5=O. The highest BCUT2D eigenvalue weighted by atomic mass is 28.4. The molecule has 2 atom stereocenters. The number of piperazine rings is 2. The third-order valence-electron chi connectivity index (χ3n) is 23.3. The molecule has 4 aliphatic rings. The fourth-order valence-corrected chi connectivity index (χ4v) is 19.8. The van der Waals surface area contributed by atoms with Crippen LogP contribution in [0.5, 0.6) is 46.0 Å². The molecule has 0 spiro atoms. The van der Waals surface area contributed by atoms with Gasteiger partial charge in [0.1, 0.15) is 46.0 Å². The number of carbonyl (C=O) groups excluding carboxylic acids is 6. The van der Waals surface area contributed by atoms with Gasteiger partial charge in [-0.1, -0.05) is 104 Å². The van der Waals surface area contributed by atoms with Crippen LogP contribution in [0.25, 0.3) is 43.1 Å². The number of aryl methyl sites for hydroxylation is 4. The molecule has 2 unspecified atom stereocenters. The van der Waals surface area contributed by atoms with Crippen LogP contribution in [-0.4, -0.2) is 217 Å². The van der Waals surface area contributed by atoms with Crippen molar-refractivity contribution in [3.63, 3.8) is 0 Å². The summed E-state index contributed by atoms with van der Waals surface area (Å²) in [6.07, 6.45) is -3.53. The van der Waals surface area contributed by atoms with Crippen LogP contribution in [0, 0.1) is 27.7 Å². The molecule has 0 aliphatic carbocycles. The number of carbonyl (C=O) groups is 6. The lowest BCUT2D eigenvalue weighted by atomic mass is 9.80. The molecule has 4 heterocycles. The summed E-state index contributed by atoms with van der Waals surface area (Å²) in [7, 11) is 6.14. The van der Waals surface area contributed by atoms with Crippen LogP contribution in [0.2, 0.25) is 12.1 Å². The van der Waals surface area contributed by atoms with Crippen LogP contribution in [0.15, 0.2) is 97.1 Å². The molecule has 9 aromatic carbocycles. The summed E-state index contributed by atoms with van der Waals surface area (Å²) in [6.45, 7) is 28.5. The van der Waals surface area contributed by atoms with E-state index in [1.165, 1.54) is 14.2 Å². The predicted octanol–water partition coefficient (Wildman–Crippen LogP) is 15.8. The quantitative estimate of drug-likeness (QED) is 0.0176. The fourth-order valence-electron chi connectivity index (χ4n) is 16.4. The number of imide groups is 2. The Kier molecular flexibility index (Phi) is 24.3. The third kappa shape index (κ3) is 15.2. The predicted molar refractivity (Wildman–Crippen MR) is 441 cm³/mol. The van der Waals surface area contributed by atoms with Gasteiger partial charge in [-0.15, -0.1) is 0 Å². The van der Waals surface area contributed by atoms with Crippen molar-refractivity contribution in [2.45, 2.75) is 131 Å². The van der Waals surface area contributed by atoms with Crippen molar-refractivity contribution in [1.82, 2.24) is 29.4 Å². The van der Waals surface area contributed by atoms with Gasteiger partial charge in [0.15, 0.2) is 0 Å². The molecule has 4 aliphatic heterocycles. The molecule has 13 rings (SSSR count). The van der Waals surface area contributed by atoms with Crippen LogP contribution in [-0.2, 0) is 45.6 Å². The van der Waals surface area contributed by atoms with Gasteiger partial charge in [-0.05, 0) is 144 Å². The smallest absolute Gasteiger partial charge is 0.456 e. The first-order valence-electron chi connectivity index (χ1n) is 39.2. The van der Waals surface area contributed by atoms with Crippen molar-refractivity contribution in [3.05, 3.63) is 164 Å². The molecule has 24 nitrogen and oxygen atoms in total. The molecule has 2 saturated heterocycles. The van der Waals surface area contributed by atoms with Crippen molar-refractivity contribution >= 4 is 96.1 Å². The zero-order valence-electron chi connectivity index (χ0n) is 69.2. The minimum atomic E-state index is -2.94. The largest absolute Gasteiger partial charge is 0.501 e. The Bertz CT molecular complexity index is 4650. The number of methoxy groups -OCH3 is 2. The molecule has 0 bridgehead atoms. The lowest BCUT2D eigenvalue weighted by Gasteiger charge is -2.39. The second-order valence-corrected chi connectivity index (χ2v) is 37.6. The number of fused-ring (bicyclic) bond motifs is 2. The van der Waals surface area contributed by atoms with E-state index < -0.39 is 65.5 Å². The van der Waals surface area contributed by atoms with Gasteiger partial charge >= 0.3 is 17.6 Å². The van der Waals surface area contributed by atoms with Gasteiger partial charge in [0, 0.05) is 178 Å². The number of amides is 6. The van der Waals surface area contributed by atoms with Crippen LogP contribution in [0.1, 0.15) is 165 Å². The Morgan fingerprint density at radius 2 is 0.561 bits per heavy atom. The van der Waals surface area contributed by atoms with Gasteiger partial charge < -0.3 is 64.8 Å². The molecule has 0 aromatic heterocycles. The number of nitrogens with zero attached hydrogens (tertiary/aromatic N) is 6. The van der Waals surface area contributed by atoms with E-state index >= 15 is 28.8 Å². The molecule has 6 amide bonds. The van der Waals surface area contributed by atoms with Gasteiger partial charge in [0.25, 0.3) is 35.4 Å². The van der Waals surface area contributed by atoms with E-state index in [0.717, 1.165) is 54.3 Å². The summed E-state index contributed by atoms with van der Waals surface area (Å²) in [4.78, 5) is 106. The minimum absolute atomic E-state index is 0.0225. The normalized spacial score (nSPS) is 15.9. The zero-order valence-corrected chi connectivity index (χ0v) is 71.2. The topological polar surface area (TPSA) is 233 Å². The number of benzene rings is 9. The Morgan fingerprint density at radius 3 is 0.763 bits per heavy atom. The van der Waals surface area contributed by atoms with Crippen LogP contribution >= 0.6 is 0 Å². The number of hydrogen-bond donors (Lipinski definition) is 0. The summed E-state index contributed by atoms with van der Waals surface area (Å²) < 4.78 is 76.6. The standard InChI is InChI=1S/C88H106N6O18Si2/c1-49(2)57-21-25-65(53(9)41-57)109-69-45-61-73-62(82(96)93(81(61)95)87(101-13)85(99)91-33-29-89(30-34-91)37-39-113(103-15,104-16)105-17)47-71(111-67-27-23-59(51(5)6)43-55(67)11)77-78-72(112-68-28-24-60(52(7)8)44-56(68)12)48-64-74-63(46-70(76(80(74)78)75(69)79(73)77)110-66-26-22-58(50(3)4)42-54(66)10)83(97)94(84(64)98)88(102-14)86(100)92-35-31-90(32-36-92)38-40-114(106-18,107-19)108-20/h21-28,41-52,87-88H,29-40H2,1-20H3. The van der Waals surface area contributed by atoms with Gasteiger partial charge in [-0.2, -0.15) is 0 Å². The molecule has 0 saturated carbocycles. The van der Waals surface area contributed by atoms with E-state index in [-0.39, 0.29) is 117 Å². The molecular formula is C88H106N6O18Si2. The van der Waals surface area contributed by atoms with E-state index in [1.54, 1.807) is 76.7 Å². The maximum Gasteiger partial charge on any atom is 0.501 e. The Balaban J connectivity index is 1.11. The molecule has 114 heavy (non-hydrogen) atoms. The second kappa shape index (κ2) is 33.5. The monoisotopic (exact) mass is 1590 g/mol. The molecule has 26 heteroatoms. The van der Waals surface area contributed by atoms with E-state index in [2.05, 4.69) is 65.2 Å². The van der Waals surface area contributed by atoms with E-state index in [1.807, 2.05) is 100 Å². The Labute approximate surface area is 669 Å². The average Bonchev–Trinajstić information content (AvgIpc) is 0.670. The molecule has 9 aromatic rings. The van der Waals surface area contributed by atoms with Gasteiger partial charge in [0.05, 0.1) is 22.3 Å². The summed E-state index contributed by atoms with van der Waals surface area (Å²) in [5.74, 6) is -2.14. The Hall–Kier alpha value is -9.27. The zero-order chi connectivity index (χ0) is 81.8. The summed E-state index contributed by atoms with van der Waals surface area (Å²) in [5, 5.41) is 2.07. The maximum atomic E-state index is 16.5. The van der Waals surface area contributed by atoms with Crippen LogP contribution in [0.4, 0.5) is 0 Å². The molecule has 2 fully saturated rings. The Morgan fingerprint density at radius 1 is 0.325 bits per heavy atom. The van der Waals surface area contributed by atoms with E-state index in [9.17, 15) is 0 Å². The van der Waals surface area contributed by atoms with Crippen molar-refractivity contribution in [3.8, 4) is 46.0 Å². The van der Waals surface area contributed by atoms with Crippen molar-refractivity contribution in [2.24, 2.45) is 0 Å². The third-order valence-corrected chi connectivity index (χ3v) is 28.7. The van der Waals surface area contributed by atoms with Crippen LogP contribution < -0.4 is 18.9 Å². The van der Waals surface area contributed by atoms with Crippen molar-refractivity contribution in [2.75, 3.05) is 122 Å². The number of ether oxygens (including phenoxy) is 6. The first-order valence-corrected chi connectivity index (χ1v) is 43.0. The number of hydrogen-bond acceptors (Lipinski definition) is 20. The summed E-state index contributed by atoms with van der Waals surface area (Å²) in [5.41, 5.74) is 7.05. The highest BCUT2D eigenvalue weighted by Crippen LogP contribution is 2.59. The molecule has 604 valence electrons. The number of rotatable bonds is 30. The highest BCUT2D eigenvalue weighted by Gasteiger charge is 2.49. The van der Waals surface area contributed by atoms with Gasteiger partial charge in [-0.25, -0.2) is 9.80 Å².